The Morgan fingerprint density at radius 1 is 1.53 bits per heavy atom. The largest absolute Gasteiger partial charge is 0.389 e. The van der Waals surface area contributed by atoms with E-state index in [2.05, 4.69) is 39.8 Å². The number of aliphatic hydroxyl groups excluding tert-OH is 1. The molecule has 0 aliphatic heterocycles. The van der Waals surface area contributed by atoms with Gasteiger partial charge in [-0.3, -0.25) is 0 Å². The van der Waals surface area contributed by atoms with Crippen molar-refractivity contribution in [2.24, 2.45) is 17.3 Å². The maximum absolute atomic E-state index is 9.30. The first kappa shape index (κ1) is 12.5. The minimum Gasteiger partial charge on any atom is -0.389 e. The van der Waals surface area contributed by atoms with Crippen LogP contribution in [0.2, 0.25) is 0 Å². The number of allylic oxidation sites excluding steroid dienone is 3. The highest BCUT2D eigenvalue weighted by Gasteiger charge is 2.36. The van der Waals surface area contributed by atoms with Crippen LogP contribution in [-0.2, 0) is 0 Å². The second-order valence-electron chi connectivity index (χ2n) is 5.51. The van der Waals surface area contributed by atoms with Gasteiger partial charge in [-0.05, 0) is 31.6 Å². The monoisotopic (exact) mass is 208 g/mol. The summed E-state index contributed by atoms with van der Waals surface area (Å²) in [7, 11) is 0. The summed E-state index contributed by atoms with van der Waals surface area (Å²) in [5.74, 6) is 1.17. The molecule has 86 valence electrons. The van der Waals surface area contributed by atoms with Crippen molar-refractivity contribution in [2.75, 3.05) is 0 Å². The van der Waals surface area contributed by atoms with E-state index in [1.807, 2.05) is 6.08 Å². The predicted octanol–water partition coefficient (Wildman–Crippen LogP) is 3.55. The zero-order valence-electron chi connectivity index (χ0n) is 10.6. The highest BCUT2D eigenvalue weighted by molar-refractivity contribution is 5.20. The second kappa shape index (κ2) is 4.52. The molecule has 0 heterocycles. The highest BCUT2D eigenvalue weighted by atomic mass is 16.3. The summed E-state index contributed by atoms with van der Waals surface area (Å²) in [5, 5.41) is 9.30. The summed E-state index contributed by atoms with van der Waals surface area (Å²) in [6, 6.07) is 0. The average molecular weight is 208 g/mol. The fourth-order valence-electron chi connectivity index (χ4n) is 2.36. The zero-order valence-corrected chi connectivity index (χ0v) is 10.6. The van der Waals surface area contributed by atoms with Crippen molar-refractivity contribution in [1.82, 2.24) is 0 Å². The molecule has 0 fully saturated rings. The Labute approximate surface area is 93.9 Å². The molecule has 0 aromatic rings. The third-order valence-corrected chi connectivity index (χ3v) is 3.94. The average Bonchev–Trinajstić information content (AvgIpc) is 2.11. The third kappa shape index (κ3) is 2.72. The lowest BCUT2D eigenvalue weighted by atomic mass is 9.63. The molecule has 0 unspecified atom stereocenters. The number of hydrogen-bond acceptors (Lipinski definition) is 1. The van der Waals surface area contributed by atoms with Gasteiger partial charge in [0, 0.05) is 5.92 Å². The molecule has 3 atom stereocenters. The molecule has 0 amide bonds. The standard InChI is InChI=1S/C14H24O/c1-10-6-7-11(2)14(4,5)13(10)9-8-12(3)15/h6,8-9,11-13,15H,7H2,1-5H3/t11-,12+,13+/m1/s1. The van der Waals surface area contributed by atoms with Gasteiger partial charge in [-0.1, -0.05) is 44.6 Å². The molecular weight excluding hydrogens is 184 g/mol. The molecule has 0 radical (unpaired) electrons. The van der Waals surface area contributed by atoms with Crippen LogP contribution in [0, 0.1) is 17.3 Å². The van der Waals surface area contributed by atoms with Gasteiger partial charge in [0.2, 0.25) is 0 Å². The summed E-state index contributed by atoms with van der Waals surface area (Å²) in [4.78, 5) is 0. The summed E-state index contributed by atoms with van der Waals surface area (Å²) < 4.78 is 0. The van der Waals surface area contributed by atoms with Crippen LogP contribution in [0.4, 0.5) is 0 Å². The van der Waals surface area contributed by atoms with Gasteiger partial charge in [-0.15, -0.1) is 0 Å². The van der Waals surface area contributed by atoms with E-state index >= 15 is 0 Å². The first-order valence-corrected chi connectivity index (χ1v) is 5.88. The molecule has 1 heteroatoms. The minimum atomic E-state index is -0.342. The summed E-state index contributed by atoms with van der Waals surface area (Å²) in [6.45, 7) is 11.0. The van der Waals surface area contributed by atoms with Crippen LogP contribution in [0.3, 0.4) is 0 Å². The van der Waals surface area contributed by atoms with E-state index < -0.39 is 0 Å². The van der Waals surface area contributed by atoms with Crippen LogP contribution >= 0.6 is 0 Å². The van der Waals surface area contributed by atoms with E-state index in [1.165, 1.54) is 12.0 Å². The molecule has 0 spiro atoms. The molecule has 0 aromatic carbocycles. The van der Waals surface area contributed by atoms with Gasteiger partial charge in [-0.25, -0.2) is 0 Å². The first-order valence-electron chi connectivity index (χ1n) is 5.88. The molecule has 1 N–H and O–H groups in total. The van der Waals surface area contributed by atoms with Gasteiger partial charge in [0.25, 0.3) is 0 Å². The van der Waals surface area contributed by atoms with Crippen molar-refractivity contribution < 1.29 is 5.11 Å². The fourth-order valence-corrected chi connectivity index (χ4v) is 2.36. The van der Waals surface area contributed by atoms with Crippen LogP contribution in [0.25, 0.3) is 0 Å². The third-order valence-electron chi connectivity index (χ3n) is 3.94. The lowest BCUT2D eigenvalue weighted by Gasteiger charge is -2.42. The number of aliphatic hydroxyl groups is 1. The van der Waals surface area contributed by atoms with Crippen LogP contribution in [-0.4, -0.2) is 11.2 Å². The minimum absolute atomic E-state index is 0.296. The molecule has 0 bridgehead atoms. The Balaban J connectivity index is 2.92. The molecule has 0 saturated carbocycles. The maximum atomic E-state index is 9.30. The first-order chi connectivity index (χ1) is 6.85. The van der Waals surface area contributed by atoms with E-state index in [4.69, 9.17) is 0 Å². The SMILES string of the molecule is CC1=CC[C@@H](C)C(C)(C)[C@H]1C=C[C@H](C)O. The Hall–Kier alpha value is -0.560. The van der Waals surface area contributed by atoms with Crippen molar-refractivity contribution in [1.29, 1.82) is 0 Å². The summed E-state index contributed by atoms with van der Waals surface area (Å²) >= 11 is 0. The number of hydrogen-bond donors (Lipinski definition) is 1. The van der Waals surface area contributed by atoms with Crippen molar-refractivity contribution in [3.63, 3.8) is 0 Å². The van der Waals surface area contributed by atoms with Gasteiger partial charge in [0.1, 0.15) is 0 Å². The Morgan fingerprint density at radius 3 is 2.67 bits per heavy atom. The smallest absolute Gasteiger partial charge is 0.0692 e. The van der Waals surface area contributed by atoms with Gasteiger partial charge in [0.05, 0.1) is 6.10 Å². The van der Waals surface area contributed by atoms with Crippen LogP contribution in [0.5, 0.6) is 0 Å². The molecule has 0 saturated heterocycles. The Kier molecular flexibility index (Phi) is 3.77. The maximum Gasteiger partial charge on any atom is 0.0692 e. The molecule has 0 aromatic heterocycles. The topological polar surface area (TPSA) is 20.2 Å². The quantitative estimate of drug-likeness (QED) is 0.688. The van der Waals surface area contributed by atoms with Gasteiger partial charge < -0.3 is 5.11 Å². The van der Waals surface area contributed by atoms with Gasteiger partial charge >= 0.3 is 0 Å². The van der Waals surface area contributed by atoms with Crippen molar-refractivity contribution in [3.8, 4) is 0 Å². The lowest BCUT2D eigenvalue weighted by molar-refractivity contribution is 0.166. The fraction of sp³-hybridized carbons (Fsp3) is 0.714. The Morgan fingerprint density at radius 2 is 2.13 bits per heavy atom. The van der Waals surface area contributed by atoms with Crippen molar-refractivity contribution in [3.05, 3.63) is 23.8 Å². The Bertz CT molecular complexity index is 271. The second-order valence-corrected chi connectivity index (χ2v) is 5.51. The normalized spacial score (nSPS) is 32.8. The molecule has 1 aliphatic rings. The van der Waals surface area contributed by atoms with E-state index in [0.717, 1.165) is 0 Å². The highest BCUT2D eigenvalue weighted by Crippen LogP contribution is 2.45. The molecule has 15 heavy (non-hydrogen) atoms. The van der Waals surface area contributed by atoms with Gasteiger partial charge in [0.15, 0.2) is 0 Å². The molecule has 1 nitrogen and oxygen atoms in total. The van der Waals surface area contributed by atoms with E-state index in [1.54, 1.807) is 6.92 Å². The molecule has 1 rings (SSSR count). The van der Waals surface area contributed by atoms with Crippen LogP contribution in [0.1, 0.15) is 41.0 Å². The van der Waals surface area contributed by atoms with E-state index in [0.29, 0.717) is 17.3 Å². The van der Waals surface area contributed by atoms with Crippen LogP contribution in [0.15, 0.2) is 23.8 Å². The predicted molar refractivity (Wildman–Crippen MR) is 65.6 cm³/mol. The van der Waals surface area contributed by atoms with Crippen molar-refractivity contribution in [2.45, 2.75) is 47.1 Å². The van der Waals surface area contributed by atoms with Crippen molar-refractivity contribution >= 4 is 0 Å². The van der Waals surface area contributed by atoms with Gasteiger partial charge in [-0.2, -0.15) is 0 Å². The molecular formula is C14H24O. The zero-order chi connectivity index (χ0) is 11.6. The number of rotatable bonds is 2. The van der Waals surface area contributed by atoms with Crippen LogP contribution < -0.4 is 0 Å². The summed E-state index contributed by atoms with van der Waals surface area (Å²) in [5.41, 5.74) is 1.74. The van der Waals surface area contributed by atoms with E-state index in [-0.39, 0.29) is 6.10 Å². The van der Waals surface area contributed by atoms with E-state index in [9.17, 15) is 5.11 Å². The lowest BCUT2D eigenvalue weighted by Crippen LogP contribution is -2.33. The summed E-state index contributed by atoms with van der Waals surface area (Å²) in [6.07, 6.45) is 7.25. The molecule has 1 aliphatic carbocycles.